The lowest BCUT2D eigenvalue weighted by Crippen LogP contribution is -2.58. The van der Waals surface area contributed by atoms with Crippen molar-refractivity contribution in [2.45, 2.75) is 75.2 Å². The molecule has 4 atom stereocenters. The largest absolute Gasteiger partial charge is 0.508 e. The van der Waals surface area contributed by atoms with E-state index in [2.05, 4.69) is 27.0 Å². The highest BCUT2D eigenvalue weighted by atomic mass is 35.5. The van der Waals surface area contributed by atoms with Crippen molar-refractivity contribution in [1.29, 1.82) is 0 Å². The zero-order valence-corrected chi connectivity index (χ0v) is 24.8. The summed E-state index contributed by atoms with van der Waals surface area (Å²) in [6.45, 7) is 5.28. The van der Waals surface area contributed by atoms with Crippen LogP contribution in [0.3, 0.4) is 0 Å². The zero-order chi connectivity index (χ0) is 29.5. The Labute approximate surface area is 253 Å². The van der Waals surface area contributed by atoms with Crippen LogP contribution in [-0.2, 0) is 0 Å². The van der Waals surface area contributed by atoms with Gasteiger partial charge in [-0.15, -0.1) is 0 Å². The van der Waals surface area contributed by atoms with Gasteiger partial charge in [0.15, 0.2) is 5.82 Å². The van der Waals surface area contributed by atoms with Crippen molar-refractivity contribution in [3.8, 4) is 28.9 Å². The molecule has 1 aliphatic carbocycles. The number of piperazine rings is 1. The number of anilines is 1. The van der Waals surface area contributed by atoms with Gasteiger partial charge in [-0.25, -0.2) is 13.8 Å². The van der Waals surface area contributed by atoms with Crippen molar-refractivity contribution in [2.24, 2.45) is 0 Å². The molecule has 0 radical (unpaired) electrons. The maximum absolute atomic E-state index is 16.8. The number of pyridine rings is 1. The number of fused-ring (bicyclic) bond motifs is 3. The van der Waals surface area contributed by atoms with Crippen LogP contribution >= 0.6 is 11.6 Å². The lowest BCUT2D eigenvalue weighted by molar-refractivity contribution is 0.107. The Morgan fingerprint density at radius 1 is 1.23 bits per heavy atom. The summed E-state index contributed by atoms with van der Waals surface area (Å²) in [4.78, 5) is 18.5. The Morgan fingerprint density at radius 2 is 2.09 bits per heavy atom. The summed E-state index contributed by atoms with van der Waals surface area (Å²) in [7, 11) is 0. The first kappa shape index (κ1) is 27.5. The number of halogens is 3. The molecule has 12 heteroatoms. The van der Waals surface area contributed by atoms with Crippen LogP contribution in [-0.4, -0.2) is 88.1 Å². The van der Waals surface area contributed by atoms with Crippen LogP contribution in [0.4, 0.5) is 14.6 Å². The third-order valence-electron chi connectivity index (χ3n) is 9.98. The van der Waals surface area contributed by atoms with E-state index in [4.69, 9.17) is 31.0 Å². The second-order valence-electron chi connectivity index (χ2n) is 12.8. The molecule has 228 valence electrons. The van der Waals surface area contributed by atoms with Gasteiger partial charge in [0.05, 0.1) is 11.6 Å². The monoisotopic (exact) mass is 612 g/mol. The molecule has 43 heavy (non-hydrogen) atoms. The lowest BCUT2D eigenvalue weighted by Gasteiger charge is -2.39. The van der Waals surface area contributed by atoms with E-state index in [-0.39, 0.29) is 53.5 Å². The van der Waals surface area contributed by atoms with Crippen molar-refractivity contribution >= 4 is 28.3 Å². The molecule has 0 bridgehead atoms. The number of aromatic hydroxyl groups is 1. The fourth-order valence-corrected chi connectivity index (χ4v) is 7.98. The molecule has 0 spiro atoms. The average Bonchev–Trinajstić information content (AvgIpc) is 3.70. The van der Waals surface area contributed by atoms with E-state index in [1.165, 1.54) is 12.1 Å². The van der Waals surface area contributed by atoms with E-state index in [0.717, 1.165) is 44.2 Å². The fraction of sp³-hybridized carbons (Fsp3) is 0.581. The second kappa shape index (κ2) is 10.3. The third-order valence-corrected chi connectivity index (χ3v) is 10.3. The van der Waals surface area contributed by atoms with Crippen LogP contribution in [0.15, 0.2) is 12.1 Å². The Bertz CT molecular complexity index is 1610. The summed E-state index contributed by atoms with van der Waals surface area (Å²) in [6, 6.07) is 3.22. The van der Waals surface area contributed by atoms with Gasteiger partial charge < -0.3 is 24.8 Å². The summed E-state index contributed by atoms with van der Waals surface area (Å²) >= 11 is 6.59. The first-order chi connectivity index (χ1) is 20.8. The van der Waals surface area contributed by atoms with Crippen molar-refractivity contribution < 1.29 is 23.4 Å². The Balaban J connectivity index is 1.29. The third kappa shape index (κ3) is 4.57. The summed E-state index contributed by atoms with van der Waals surface area (Å²) < 4.78 is 43.8. The molecule has 5 aliphatic rings. The van der Waals surface area contributed by atoms with Crippen LogP contribution < -0.4 is 19.7 Å². The highest BCUT2D eigenvalue weighted by molar-refractivity contribution is 6.32. The van der Waals surface area contributed by atoms with Crippen LogP contribution in [0, 0.1) is 5.82 Å². The number of aromatic nitrogens is 3. The second-order valence-corrected chi connectivity index (χ2v) is 13.2. The molecular weight excluding hydrogens is 578 g/mol. The number of nitrogens with zero attached hydrogens (tertiary/aromatic N) is 5. The summed E-state index contributed by atoms with van der Waals surface area (Å²) in [5.74, 6) is 0.230. The van der Waals surface area contributed by atoms with E-state index in [9.17, 15) is 9.50 Å². The first-order valence-corrected chi connectivity index (χ1v) is 15.8. The molecule has 6 heterocycles. The highest BCUT2D eigenvalue weighted by Crippen LogP contribution is 2.50. The molecule has 1 saturated carbocycles. The van der Waals surface area contributed by atoms with Crippen molar-refractivity contribution in [3.05, 3.63) is 28.5 Å². The van der Waals surface area contributed by atoms with Gasteiger partial charge in [-0.1, -0.05) is 18.5 Å². The molecule has 3 aromatic rings. The average molecular weight is 613 g/mol. The minimum Gasteiger partial charge on any atom is -0.508 e. The molecular formula is C31H35ClF2N6O3. The molecule has 1 unspecified atom stereocenters. The number of nitrogens with one attached hydrogen (secondary N) is 1. The summed E-state index contributed by atoms with van der Waals surface area (Å²) in [5.41, 5.74) is 0.878. The van der Waals surface area contributed by atoms with Gasteiger partial charge in [0, 0.05) is 42.7 Å². The minimum atomic E-state index is -0.890. The highest BCUT2D eigenvalue weighted by Gasteiger charge is 2.49. The number of hydrogen-bond acceptors (Lipinski definition) is 9. The minimum absolute atomic E-state index is 0.0267. The normalized spacial score (nSPS) is 28.5. The molecule has 4 fully saturated rings. The fourth-order valence-electron chi connectivity index (χ4n) is 7.61. The number of phenols is 1. The van der Waals surface area contributed by atoms with Gasteiger partial charge in [-0.2, -0.15) is 9.97 Å². The Kier molecular flexibility index (Phi) is 6.58. The number of benzene rings is 1. The van der Waals surface area contributed by atoms with Crippen LogP contribution in [0.2, 0.25) is 5.02 Å². The van der Waals surface area contributed by atoms with Crippen LogP contribution in [0.5, 0.6) is 17.6 Å². The maximum Gasteiger partial charge on any atom is 0.319 e. The Morgan fingerprint density at radius 3 is 2.91 bits per heavy atom. The molecule has 2 N–H and O–H groups in total. The molecule has 4 aliphatic heterocycles. The SMILES string of the molecule is CCC1CN2c3nc(OC[C@@]45CCCN4C[C@@H](F)C5)nc4c(F)c(-c5cc(O)cc(Cl)c5C5CC5)nc(c34)OC[C@@H]2CN1. The topological polar surface area (TPSA) is 95.9 Å². The van der Waals surface area contributed by atoms with Gasteiger partial charge in [0.2, 0.25) is 5.88 Å². The molecule has 8 rings (SSSR count). The molecule has 2 aromatic heterocycles. The predicted octanol–water partition coefficient (Wildman–Crippen LogP) is 4.97. The quantitative estimate of drug-likeness (QED) is 0.400. The van der Waals surface area contributed by atoms with Crippen LogP contribution in [0.1, 0.15) is 56.9 Å². The predicted molar refractivity (Wildman–Crippen MR) is 159 cm³/mol. The number of alkyl halides is 1. The van der Waals surface area contributed by atoms with E-state index in [0.29, 0.717) is 54.5 Å². The van der Waals surface area contributed by atoms with Crippen molar-refractivity contribution in [2.75, 3.05) is 44.3 Å². The van der Waals surface area contributed by atoms with Crippen molar-refractivity contribution in [1.82, 2.24) is 25.2 Å². The van der Waals surface area contributed by atoms with E-state index < -0.39 is 17.5 Å². The number of hydrogen-bond donors (Lipinski definition) is 2. The van der Waals surface area contributed by atoms with Gasteiger partial charge in [0.25, 0.3) is 0 Å². The van der Waals surface area contributed by atoms with E-state index >= 15 is 4.39 Å². The number of ether oxygens (including phenoxy) is 2. The smallest absolute Gasteiger partial charge is 0.319 e. The van der Waals surface area contributed by atoms with Gasteiger partial charge >= 0.3 is 6.01 Å². The van der Waals surface area contributed by atoms with Gasteiger partial charge in [-0.3, -0.25) is 4.90 Å². The lowest BCUT2D eigenvalue weighted by atomic mass is 9.95. The summed E-state index contributed by atoms with van der Waals surface area (Å²) in [6.07, 6.45) is 4.13. The molecule has 3 saturated heterocycles. The number of phenolic OH excluding ortho intramolecular Hbond substituents is 1. The van der Waals surface area contributed by atoms with Gasteiger partial charge in [-0.05, 0) is 62.3 Å². The summed E-state index contributed by atoms with van der Waals surface area (Å²) in [5, 5.41) is 14.8. The molecule has 0 amide bonds. The standard InChI is InChI=1S/C31H35ClF2N6O3/c1-2-18-13-40-19(11-35-18)14-42-29-24-27(25(34)26(36-29)21-8-20(41)9-22(32)23(21)16-4-5-16)37-30(38-28(24)40)43-15-31-6-3-7-39(31)12-17(33)10-31/h8-9,16-19,35,41H,2-7,10-15H2,1H3/t17-,18?,19-,31-/m0/s1. The van der Waals surface area contributed by atoms with E-state index in [1.54, 1.807) is 0 Å². The molecule has 1 aromatic carbocycles. The van der Waals surface area contributed by atoms with Gasteiger partial charge in [0.1, 0.15) is 47.5 Å². The van der Waals surface area contributed by atoms with Crippen LogP contribution in [0.25, 0.3) is 22.2 Å². The Hall–Kier alpha value is -3.02. The first-order valence-electron chi connectivity index (χ1n) is 15.4. The maximum atomic E-state index is 16.8. The van der Waals surface area contributed by atoms with E-state index in [1.807, 2.05) is 0 Å². The molecule has 9 nitrogen and oxygen atoms in total. The zero-order valence-electron chi connectivity index (χ0n) is 24.1. The van der Waals surface area contributed by atoms with Crippen molar-refractivity contribution in [3.63, 3.8) is 0 Å². The number of rotatable bonds is 6.